The van der Waals surface area contributed by atoms with Crippen LogP contribution in [0.25, 0.3) is 11.0 Å². The van der Waals surface area contributed by atoms with Gasteiger partial charge in [0.05, 0.1) is 17.4 Å². The predicted molar refractivity (Wildman–Crippen MR) is 117 cm³/mol. The van der Waals surface area contributed by atoms with Crippen molar-refractivity contribution in [3.05, 3.63) is 64.9 Å². The molecule has 5 rings (SSSR count). The molecule has 1 aromatic heterocycles. The van der Waals surface area contributed by atoms with Gasteiger partial charge in [-0.15, -0.1) is 0 Å². The number of hydrogen-bond acceptors (Lipinski definition) is 2. The molecular weight excluding hydrogens is 418 g/mol. The topological polar surface area (TPSA) is 34.9 Å². The fraction of sp³-hybridized carbons (Fsp3) is 0.440. The van der Waals surface area contributed by atoms with E-state index in [-0.39, 0.29) is 11.8 Å². The van der Waals surface area contributed by atoms with Gasteiger partial charge in [-0.2, -0.15) is 0 Å². The molecular formula is C25H25ClF2N2O. The number of imidazole rings is 1. The van der Waals surface area contributed by atoms with E-state index in [1.54, 1.807) is 6.33 Å². The lowest BCUT2D eigenvalue weighted by atomic mass is 9.87. The summed E-state index contributed by atoms with van der Waals surface area (Å²) in [6, 6.07) is 10.2. The summed E-state index contributed by atoms with van der Waals surface area (Å²) in [5.41, 5.74) is 2.16. The van der Waals surface area contributed by atoms with Gasteiger partial charge in [-0.1, -0.05) is 37.1 Å². The van der Waals surface area contributed by atoms with Gasteiger partial charge in [-0.25, -0.2) is 13.8 Å². The van der Waals surface area contributed by atoms with Crippen LogP contribution in [0, 0.1) is 35.3 Å². The van der Waals surface area contributed by atoms with Gasteiger partial charge in [-0.05, 0) is 54.2 Å². The third-order valence-electron chi connectivity index (χ3n) is 7.37. The van der Waals surface area contributed by atoms with Crippen LogP contribution in [0.15, 0.2) is 42.7 Å². The second kappa shape index (κ2) is 8.01. The highest BCUT2D eigenvalue weighted by Gasteiger charge is 2.58. The van der Waals surface area contributed by atoms with Gasteiger partial charge in [0.25, 0.3) is 0 Å². The normalized spacial score (nSPS) is 25.5. The molecule has 0 radical (unpaired) electrons. The van der Waals surface area contributed by atoms with Crippen LogP contribution in [0.1, 0.15) is 44.2 Å². The van der Waals surface area contributed by atoms with Crippen molar-refractivity contribution in [2.45, 2.75) is 45.1 Å². The molecule has 2 fully saturated rings. The molecule has 0 aliphatic heterocycles. The zero-order chi connectivity index (χ0) is 21.7. The number of benzene rings is 2. The molecule has 0 spiro atoms. The van der Waals surface area contributed by atoms with E-state index in [1.807, 2.05) is 28.8 Å². The van der Waals surface area contributed by atoms with E-state index >= 15 is 0 Å². The predicted octanol–water partition coefficient (Wildman–Crippen LogP) is 6.39. The highest BCUT2D eigenvalue weighted by atomic mass is 35.5. The lowest BCUT2D eigenvalue weighted by molar-refractivity contribution is -0.119. The van der Waals surface area contributed by atoms with Gasteiger partial charge >= 0.3 is 0 Å². The van der Waals surface area contributed by atoms with Crippen molar-refractivity contribution in [3.63, 3.8) is 0 Å². The summed E-state index contributed by atoms with van der Waals surface area (Å²) in [4.78, 5) is 16.9. The second-order valence-electron chi connectivity index (χ2n) is 9.15. The Bertz CT molecular complexity index is 1110. The van der Waals surface area contributed by atoms with Crippen molar-refractivity contribution in [1.82, 2.24) is 9.55 Å². The van der Waals surface area contributed by atoms with Gasteiger partial charge in [0.15, 0.2) is 11.6 Å². The van der Waals surface area contributed by atoms with Gasteiger partial charge in [0.1, 0.15) is 5.78 Å². The van der Waals surface area contributed by atoms with Crippen LogP contribution in [0.4, 0.5) is 8.78 Å². The van der Waals surface area contributed by atoms with E-state index in [0.29, 0.717) is 52.6 Å². The number of rotatable bonds is 7. The van der Waals surface area contributed by atoms with Crippen LogP contribution in [0.3, 0.4) is 0 Å². The number of hydrogen-bond donors (Lipinski definition) is 0. The number of fused-ring (bicyclic) bond motifs is 2. The average Bonchev–Trinajstić information content (AvgIpc) is 3.06. The Labute approximate surface area is 185 Å². The number of halogens is 3. The Morgan fingerprint density at radius 3 is 2.52 bits per heavy atom. The Hall–Kier alpha value is -2.27. The summed E-state index contributed by atoms with van der Waals surface area (Å²) in [7, 11) is 0. The molecule has 2 aromatic carbocycles. The van der Waals surface area contributed by atoms with E-state index in [4.69, 9.17) is 11.6 Å². The summed E-state index contributed by atoms with van der Waals surface area (Å²) in [6.45, 7) is 2.17. The number of Topliss-reactive ketones (excluding diaryl/α,β-unsaturated/α-hetero) is 1. The van der Waals surface area contributed by atoms with Crippen molar-refractivity contribution >= 4 is 28.4 Å². The van der Waals surface area contributed by atoms with Crippen LogP contribution in [0.5, 0.6) is 0 Å². The van der Waals surface area contributed by atoms with Gasteiger partial charge in [0.2, 0.25) is 0 Å². The summed E-state index contributed by atoms with van der Waals surface area (Å²) < 4.78 is 29.2. The van der Waals surface area contributed by atoms with Crippen LogP contribution in [0.2, 0.25) is 5.02 Å². The van der Waals surface area contributed by atoms with Crippen molar-refractivity contribution in [2.24, 2.45) is 23.7 Å². The molecule has 0 bridgehead atoms. The molecule has 0 saturated heterocycles. The minimum atomic E-state index is -0.860. The van der Waals surface area contributed by atoms with E-state index in [2.05, 4.69) is 11.9 Å². The number of nitrogens with zero attached hydrogens (tertiary/aromatic N) is 2. The molecule has 5 atom stereocenters. The van der Waals surface area contributed by atoms with Crippen molar-refractivity contribution in [1.29, 1.82) is 0 Å². The monoisotopic (exact) mass is 442 g/mol. The Morgan fingerprint density at radius 2 is 1.84 bits per heavy atom. The molecule has 162 valence electrons. The second-order valence-corrected chi connectivity index (χ2v) is 9.59. The lowest BCUT2D eigenvalue weighted by Gasteiger charge is -2.21. The number of aromatic nitrogens is 2. The molecule has 3 nitrogen and oxygen atoms in total. The van der Waals surface area contributed by atoms with E-state index in [9.17, 15) is 13.6 Å². The molecule has 2 aliphatic rings. The van der Waals surface area contributed by atoms with E-state index in [1.165, 1.54) is 12.1 Å². The molecule has 6 heteroatoms. The van der Waals surface area contributed by atoms with E-state index < -0.39 is 11.6 Å². The highest BCUT2D eigenvalue weighted by molar-refractivity contribution is 6.30. The zero-order valence-electron chi connectivity index (χ0n) is 17.4. The molecule has 0 N–H and O–H groups in total. The maximum Gasteiger partial charge on any atom is 0.161 e. The van der Waals surface area contributed by atoms with Crippen LogP contribution >= 0.6 is 11.6 Å². The highest BCUT2D eigenvalue weighted by Crippen LogP contribution is 2.64. The first-order valence-electron chi connectivity index (χ1n) is 11.0. The molecule has 2 unspecified atom stereocenters. The number of carbonyl (C=O) groups excluding carboxylic acids is 1. The van der Waals surface area contributed by atoms with Crippen molar-refractivity contribution in [2.75, 3.05) is 0 Å². The first-order chi connectivity index (χ1) is 14.9. The number of carbonyl (C=O) groups is 1. The minimum Gasteiger partial charge on any atom is -0.327 e. The largest absolute Gasteiger partial charge is 0.327 e. The smallest absolute Gasteiger partial charge is 0.161 e. The average molecular weight is 443 g/mol. The SMILES string of the molecule is CC[C@@H](CC(=O)Cc1ccc(Cl)cc1)C1[C@H]2CC(n3cnc4cc(F)c(F)cc43)C[C@@H]12. The van der Waals surface area contributed by atoms with Crippen LogP contribution < -0.4 is 0 Å². The molecule has 3 aromatic rings. The summed E-state index contributed by atoms with van der Waals surface area (Å²) in [5, 5.41) is 0.682. The van der Waals surface area contributed by atoms with Gasteiger partial charge < -0.3 is 4.57 Å². The van der Waals surface area contributed by atoms with Gasteiger partial charge in [-0.3, -0.25) is 4.79 Å². The zero-order valence-corrected chi connectivity index (χ0v) is 18.2. The molecule has 1 heterocycles. The van der Waals surface area contributed by atoms with Crippen LogP contribution in [-0.2, 0) is 11.2 Å². The fourth-order valence-electron chi connectivity index (χ4n) is 5.85. The Kier molecular flexibility index (Phi) is 5.33. The van der Waals surface area contributed by atoms with Crippen LogP contribution in [-0.4, -0.2) is 15.3 Å². The maximum absolute atomic E-state index is 13.7. The number of ketones is 1. The van der Waals surface area contributed by atoms with Crippen molar-refractivity contribution in [3.8, 4) is 0 Å². The molecule has 0 amide bonds. The first-order valence-corrected chi connectivity index (χ1v) is 11.4. The fourth-order valence-corrected chi connectivity index (χ4v) is 5.98. The Balaban J connectivity index is 1.21. The summed E-state index contributed by atoms with van der Waals surface area (Å²) in [6.07, 6.45) is 5.83. The van der Waals surface area contributed by atoms with Crippen molar-refractivity contribution < 1.29 is 13.6 Å². The third kappa shape index (κ3) is 3.89. The summed E-state index contributed by atoms with van der Waals surface area (Å²) >= 11 is 5.93. The Morgan fingerprint density at radius 1 is 1.16 bits per heavy atom. The third-order valence-corrected chi connectivity index (χ3v) is 7.62. The maximum atomic E-state index is 13.7. The molecule has 2 saturated carbocycles. The quantitative estimate of drug-likeness (QED) is 0.424. The van der Waals surface area contributed by atoms with E-state index in [0.717, 1.165) is 24.8 Å². The summed E-state index contributed by atoms with van der Waals surface area (Å²) in [5.74, 6) is 0.832. The van der Waals surface area contributed by atoms with Gasteiger partial charge in [0, 0.05) is 36.0 Å². The lowest BCUT2D eigenvalue weighted by Crippen LogP contribution is -2.16. The minimum absolute atomic E-state index is 0.267. The molecule has 2 aliphatic carbocycles. The molecule has 31 heavy (non-hydrogen) atoms. The standard InChI is InChI=1S/C25H25ClF2N2O/c1-2-15(8-18(31)7-14-3-5-16(26)6-4-14)25-19-9-17(10-20(19)25)30-13-29-23-11-21(27)22(28)12-24(23)30/h3-6,11-13,15,17,19-20,25H,2,7-10H2,1H3/t15-,17?,19-,20+,25?/m0/s1. The first kappa shape index (κ1) is 20.6.